The van der Waals surface area contributed by atoms with Crippen molar-refractivity contribution in [1.29, 1.82) is 0 Å². The van der Waals surface area contributed by atoms with Crippen LogP contribution in [0.3, 0.4) is 0 Å². The highest BCUT2D eigenvalue weighted by Crippen LogP contribution is 2.72. The molecule has 2 nitrogen and oxygen atoms in total. The van der Waals surface area contributed by atoms with E-state index < -0.39 is 0 Å². The Bertz CT molecular complexity index is 335. The number of hydrogen-bond acceptors (Lipinski definition) is 2. The number of hydrogen-bond donors (Lipinski definition) is 0. The number of Topliss-reactive ketones (excluding diaryl/α,β-unsaturated/α-hetero) is 1. The summed E-state index contributed by atoms with van der Waals surface area (Å²) in [5.41, 5.74) is 0.706. The van der Waals surface area contributed by atoms with Crippen LogP contribution in [0.25, 0.3) is 0 Å². The SMILES string of the molecule is CC(=O)C12CC3CC4CN(C1)CC43C2. The summed E-state index contributed by atoms with van der Waals surface area (Å²) in [6.07, 6.45) is 3.88. The summed E-state index contributed by atoms with van der Waals surface area (Å²) in [5.74, 6) is 2.33. The number of carbonyl (C=O) groups excluding carboxylic acids is 1. The van der Waals surface area contributed by atoms with Gasteiger partial charge in [0, 0.05) is 25.0 Å². The van der Waals surface area contributed by atoms with Gasteiger partial charge in [-0.05, 0) is 43.4 Å². The van der Waals surface area contributed by atoms with Gasteiger partial charge in [0.2, 0.25) is 0 Å². The van der Waals surface area contributed by atoms with Gasteiger partial charge in [-0.15, -0.1) is 0 Å². The summed E-state index contributed by atoms with van der Waals surface area (Å²) in [4.78, 5) is 14.4. The molecule has 2 aliphatic carbocycles. The molecule has 1 spiro atoms. The molecule has 0 aromatic heterocycles. The van der Waals surface area contributed by atoms with Crippen LogP contribution in [0.4, 0.5) is 0 Å². The van der Waals surface area contributed by atoms with E-state index in [1.807, 2.05) is 6.92 Å². The molecule has 5 unspecified atom stereocenters. The molecular weight excluding hydrogens is 174 g/mol. The van der Waals surface area contributed by atoms with Gasteiger partial charge in [0.15, 0.2) is 0 Å². The standard InChI is InChI=1S/C12H17NO/c1-8(14)11-3-9-2-10-4-13(6-11)7-12(9,10)5-11/h9-10H,2-7H2,1H3. The predicted molar refractivity (Wildman–Crippen MR) is 52.8 cm³/mol. The molecule has 2 heterocycles. The van der Waals surface area contributed by atoms with Gasteiger partial charge in [0.05, 0.1) is 0 Å². The van der Waals surface area contributed by atoms with Crippen LogP contribution in [0.2, 0.25) is 0 Å². The molecule has 76 valence electrons. The first kappa shape index (κ1) is 7.86. The smallest absolute Gasteiger partial charge is 0.137 e. The van der Waals surface area contributed by atoms with Crippen molar-refractivity contribution < 1.29 is 4.79 Å². The number of ketones is 1. The number of nitrogens with zero attached hydrogens (tertiary/aromatic N) is 1. The van der Waals surface area contributed by atoms with Gasteiger partial charge in [-0.1, -0.05) is 0 Å². The predicted octanol–water partition coefficient (Wildman–Crippen LogP) is 1.31. The molecule has 0 aromatic rings. The molecule has 4 rings (SSSR count). The Labute approximate surface area is 84.7 Å². The van der Waals surface area contributed by atoms with Crippen LogP contribution in [-0.4, -0.2) is 30.3 Å². The second kappa shape index (κ2) is 1.95. The van der Waals surface area contributed by atoms with Gasteiger partial charge in [-0.25, -0.2) is 0 Å². The third-order valence-corrected chi connectivity index (χ3v) is 5.77. The van der Waals surface area contributed by atoms with Crippen molar-refractivity contribution in [3.63, 3.8) is 0 Å². The quantitative estimate of drug-likeness (QED) is 0.623. The highest BCUT2D eigenvalue weighted by atomic mass is 16.1. The first-order valence-electron chi connectivity index (χ1n) is 5.88. The van der Waals surface area contributed by atoms with E-state index in [-0.39, 0.29) is 5.41 Å². The lowest BCUT2D eigenvalue weighted by Crippen LogP contribution is -2.47. The van der Waals surface area contributed by atoms with E-state index in [4.69, 9.17) is 0 Å². The lowest BCUT2D eigenvalue weighted by atomic mass is 9.56. The van der Waals surface area contributed by atoms with Gasteiger partial charge in [0.25, 0.3) is 0 Å². The van der Waals surface area contributed by atoms with Crippen molar-refractivity contribution in [1.82, 2.24) is 4.90 Å². The topological polar surface area (TPSA) is 20.3 Å². The maximum absolute atomic E-state index is 11.8. The van der Waals surface area contributed by atoms with E-state index in [1.54, 1.807) is 0 Å². The Kier molecular flexibility index (Phi) is 1.09. The molecule has 2 aliphatic heterocycles. The zero-order valence-corrected chi connectivity index (χ0v) is 8.75. The minimum absolute atomic E-state index is 0.0914. The van der Waals surface area contributed by atoms with Crippen molar-refractivity contribution in [2.24, 2.45) is 22.7 Å². The molecule has 4 fully saturated rings. The number of carbonyl (C=O) groups is 1. The van der Waals surface area contributed by atoms with E-state index in [9.17, 15) is 4.79 Å². The van der Waals surface area contributed by atoms with E-state index in [0.717, 1.165) is 18.4 Å². The summed E-state index contributed by atoms with van der Waals surface area (Å²) in [7, 11) is 0. The molecule has 5 atom stereocenters. The zero-order valence-electron chi connectivity index (χ0n) is 8.75. The Balaban J connectivity index is 1.85. The lowest BCUT2D eigenvalue weighted by Gasteiger charge is -2.48. The van der Waals surface area contributed by atoms with Crippen LogP contribution in [0.5, 0.6) is 0 Å². The fraction of sp³-hybridized carbons (Fsp3) is 0.917. The molecule has 0 radical (unpaired) electrons. The second-order valence-electron chi connectivity index (χ2n) is 6.25. The normalized spacial score (nSPS) is 62.5. The summed E-state index contributed by atoms with van der Waals surface area (Å²) in [6.45, 7) is 5.52. The zero-order chi connectivity index (χ0) is 9.55. The van der Waals surface area contributed by atoms with Crippen LogP contribution in [-0.2, 0) is 4.79 Å². The minimum atomic E-state index is 0.0914. The van der Waals surface area contributed by atoms with Crippen LogP contribution in [0.1, 0.15) is 26.2 Å². The van der Waals surface area contributed by atoms with Crippen LogP contribution in [0, 0.1) is 22.7 Å². The summed E-state index contributed by atoms with van der Waals surface area (Å²) >= 11 is 0. The van der Waals surface area contributed by atoms with Gasteiger partial charge in [-0.2, -0.15) is 0 Å². The summed E-state index contributed by atoms with van der Waals surface area (Å²) in [5, 5.41) is 0. The summed E-state index contributed by atoms with van der Waals surface area (Å²) < 4.78 is 0. The molecule has 3 bridgehead atoms. The fourth-order valence-electron chi connectivity index (χ4n) is 5.15. The first-order chi connectivity index (χ1) is 6.65. The monoisotopic (exact) mass is 191 g/mol. The molecule has 0 N–H and O–H groups in total. The van der Waals surface area contributed by atoms with Crippen LogP contribution >= 0.6 is 0 Å². The van der Waals surface area contributed by atoms with Crippen LogP contribution in [0.15, 0.2) is 0 Å². The maximum Gasteiger partial charge on any atom is 0.137 e. The van der Waals surface area contributed by atoms with Crippen molar-refractivity contribution in [3.8, 4) is 0 Å². The van der Waals surface area contributed by atoms with Crippen LogP contribution < -0.4 is 0 Å². The average Bonchev–Trinajstić information content (AvgIpc) is 2.42. The highest BCUT2D eigenvalue weighted by Gasteiger charge is 2.71. The molecule has 2 saturated heterocycles. The Hall–Kier alpha value is -0.370. The number of piperidine rings is 1. The van der Waals surface area contributed by atoms with E-state index >= 15 is 0 Å². The number of rotatable bonds is 1. The Morgan fingerprint density at radius 1 is 1.36 bits per heavy atom. The molecule has 2 heteroatoms. The first-order valence-corrected chi connectivity index (χ1v) is 5.88. The van der Waals surface area contributed by atoms with Crippen molar-refractivity contribution >= 4 is 5.78 Å². The van der Waals surface area contributed by atoms with E-state index in [1.165, 1.54) is 32.4 Å². The molecule has 0 aromatic carbocycles. The van der Waals surface area contributed by atoms with Crippen molar-refractivity contribution in [2.75, 3.05) is 19.6 Å². The minimum Gasteiger partial charge on any atom is -0.301 e. The van der Waals surface area contributed by atoms with E-state index in [2.05, 4.69) is 4.90 Å². The Morgan fingerprint density at radius 3 is 3.00 bits per heavy atom. The second-order valence-corrected chi connectivity index (χ2v) is 6.25. The molecule has 14 heavy (non-hydrogen) atoms. The van der Waals surface area contributed by atoms with Gasteiger partial charge in [0.1, 0.15) is 5.78 Å². The molecule has 4 aliphatic rings. The van der Waals surface area contributed by atoms with E-state index in [0.29, 0.717) is 11.2 Å². The van der Waals surface area contributed by atoms with Gasteiger partial charge >= 0.3 is 0 Å². The molecule has 0 amide bonds. The van der Waals surface area contributed by atoms with Crippen molar-refractivity contribution in [2.45, 2.75) is 26.2 Å². The molecular formula is C12H17NO. The molecule has 2 saturated carbocycles. The summed E-state index contributed by atoms with van der Waals surface area (Å²) in [6, 6.07) is 0. The number of fused-ring (bicyclic) bond motifs is 2. The average molecular weight is 191 g/mol. The fourth-order valence-corrected chi connectivity index (χ4v) is 5.15. The highest BCUT2D eigenvalue weighted by molar-refractivity contribution is 5.83. The third kappa shape index (κ3) is 0.604. The maximum atomic E-state index is 11.8. The largest absolute Gasteiger partial charge is 0.301 e. The van der Waals surface area contributed by atoms with Crippen molar-refractivity contribution in [3.05, 3.63) is 0 Å². The lowest BCUT2D eigenvalue weighted by molar-refractivity contribution is -0.128. The Morgan fingerprint density at radius 2 is 2.21 bits per heavy atom. The van der Waals surface area contributed by atoms with Gasteiger partial charge < -0.3 is 4.90 Å². The third-order valence-electron chi connectivity index (χ3n) is 5.77. The van der Waals surface area contributed by atoms with Gasteiger partial charge in [-0.3, -0.25) is 4.79 Å².